The fraction of sp³-hybridized carbons (Fsp3) is 1.00. The molecule has 0 amide bonds. The van der Waals surface area contributed by atoms with Crippen LogP contribution >= 0.6 is 0 Å². The summed E-state index contributed by atoms with van der Waals surface area (Å²) in [4.78, 5) is 4.89. The van der Waals surface area contributed by atoms with Crippen LogP contribution < -0.4 is 5.73 Å². The second-order valence-corrected chi connectivity index (χ2v) is 4.57. The molecule has 90 valence electrons. The maximum Gasteiger partial charge on any atom is 0.0468 e. The highest BCUT2D eigenvalue weighted by Gasteiger charge is 2.15. The monoisotopic (exact) mass is 215 g/mol. The van der Waals surface area contributed by atoms with Gasteiger partial charge >= 0.3 is 0 Å². The van der Waals surface area contributed by atoms with E-state index in [1.54, 1.807) is 0 Å². The Labute approximate surface area is 93.0 Å². The van der Waals surface area contributed by atoms with Gasteiger partial charge in [-0.2, -0.15) is 0 Å². The molecule has 0 aromatic carbocycles. The number of hydrogen-bond donors (Lipinski definition) is 2. The molecule has 1 atom stereocenters. The van der Waals surface area contributed by atoms with Gasteiger partial charge in [-0.1, -0.05) is 6.92 Å². The second kappa shape index (κ2) is 7.17. The Bertz CT molecular complexity index is 166. The molecule has 1 saturated heterocycles. The van der Waals surface area contributed by atoms with Crippen molar-refractivity contribution in [1.29, 1.82) is 0 Å². The Morgan fingerprint density at radius 2 is 1.87 bits per heavy atom. The molecule has 1 heterocycles. The summed E-state index contributed by atoms with van der Waals surface area (Å²) >= 11 is 0. The van der Waals surface area contributed by atoms with Crippen LogP contribution in [0.3, 0.4) is 0 Å². The lowest BCUT2D eigenvalue weighted by Crippen LogP contribution is -2.35. The lowest BCUT2D eigenvalue weighted by Gasteiger charge is -2.23. The van der Waals surface area contributed by atoms with E-state index in [9.17, 15) is 0 Å². The average Bonchev–Trinajstić information content (AvgIpc) is 2.45. The molecular formula is C11H25N3O. The first kappa shape index (κ1) is 12.9. The summed E-state index contributed by atoms with van der Waals surface area (Å²) in [6.07, 6.45) is 1.22. The van der Waals surface area contributed by atoms with Crippen molar-refractivity contribution >= 4 is 0 Å². The van der Waals surface area contributed by atoms with Crippen molar-refractivity contribution in [2.45, 2.75) is 13.3 Å². The minimum absolute atomic E-state index is 0.295. The molecule has 1 aliphatic heterocycles. The van der Waals surface area contributed by atoms with Crippen LogP contribution in [0.2, 0.25) is 0 Å². The smallest absolute Gasteiger partial charge is 0.0468 e. The number of nitrogens with two attached hydrogens (primary N) is 1. The Kier molecular flexibility index (Phi) is 6.17. The fourth-order valence-electron chi connectivity index (χ4n) is 2.11. The minimum atomic E-state index is 0.295. The number of nitrogens with zero attached hydrogens (tertiary/aromatic N) is 2. The largest absolute Gasteiger partial charge is 0.396 e. The third kappa shape index (κ3) is 4.93. The first-order valence-corrected chi connectivity index (χ1v) is 6.02. The van der Waals surface area contributed by atoms with Crippen LogP contribution in [-0.4, -0.2) is 67.3 Å². The van der Waals surface area contributed by atoms with Gasteiger partial charge in [-0.25, -0.2) is 0 Å². The molecule has 0 bridgehead atoms. The predicted octanol–water partition coefficient (Wildman–Crippen LogP) is -0.419. The van der Waals surface area contributed by atoms with Crippen molar-refractivity contribution in [3.8, 4) is 0 Å². The highest BCUT2D eigenvalue weighted by atomic mass is 16.3. The summed E-state index contributed by atoms with van der Waals surface area (Å²) in [6, 6.07) is 0. The maximum absolute atomic E-state index is 9.02. The zero-order chi connectivity index (χ0) is 11.1. The SMILES string of the molecule is CC(CO)CN1CCCN(CCN)CC1. The average molecular weight is 215 g/mol. The van der Waals surface area contributed by atoms with Gasteiger partial charge in [-0.05, 0) is 25.4 Å². The lowest BCUT2D eigenvalue weighted by molar-refractivity contribution is 0.174. The zero-order valence-electron chi connectivity index (χ0n) is 9.86. The normalized spacial score (nSPS) is 22.6. The molecule has 0 aromatic heterocycles. The molecular weight excluding hydrogens is 190 g/mol. The van der Waals surface area contributed by atoms with Crippen LogP contribution in [0.15, 0.2) is 0 Å². The first-order chi connectivity index (χ1) is 7.26. The Morgan fingerprint density at radius 1 is 1.20 bits per heavy atom. The highest BCUT2D eigenvalue weighted by Crippen LogP contribution is 2.05. The molecule has 0 aromatic rings. The summed E-state index contributed by atoms with van der Waals surface area (Å²) in [5.74, 6) is 0.394. The van der Waals surface area contributed by atoms with Gasteiger partial charge in [0.2, 0.25) is 0 Å². The molecule has 0 saturated carbocycles. The zero-order valence-corrected chi connectivity index (χ0v) is 9.86. The summed E-state index contributed by atoms with van der Waals surface area (Å²) in [5, 5.41) is 9.02. The number of aliphatic hydroxyl groups excluding tert-OH is 1. The summed E-state index contributed by atoms with van der Waals surface area (Å²) in [6.45, 7) is 9.75. The Balaban J connectivity index is 2.26. The maximum atomic E-state index is 9.02. The molecule has 0 radical (unpaired) electrons. The lowest BCUT2D eigenvalue weighted by atomic mass is 10.2. The van der Waals surface area contributed by atoms with E-state index in [2.05, 4.69) is 16.7 Å². The number of aliphatic hydroxyl groups is 1. The van der Waals surface area contributed by atoms with E-state index in [1.807, 2.05) is 0 Å². The van der Waals surface area contributed by atoms with Crippen LogP contribution in [0.1, 0.15) is 13.3 Å². The van der Waals surface area contributed by atoms with E-state index in [4.69, 9.17) is 10.8 Å². The standard InChI is InChI=1S/C11H25N3O/c1-11(10-15)9-14-5-2-4-13(6-3-12)7-8-14/h11,15H,2-10,12H2,1H3. The van der Waals surface area contributed by atoms with E-state index in [0.29, 0.717) is 12.5 Å². The highest BCUT2D eigenvalue weighted by molar-refractivity contribution is 4.71. The number of hydrogen-bond acceptors (Lipinski definition) is 4. The van der Waals surface area contributed by atoms with Crippen molar-refractivity contribution in [3.05, 3.63) is 0 Å². The van der Waals surface area contributed by atoms with E-state index in [0.717, 1.165) is 39.3 Å². The quantitative estimate of drug-likeness (QED) is 0.654. The Hall–Kier alpha value is -0.160. The second-order valence-electron chi connectivity index (χ2n) is 4.57. The van der Waals surface area contributed by atoms with Crippen LogP contribution in [0.25, 0.3) is 0 Å². The molecule has 0 spiro atoms. The minimum Gasteiger partial charge on any atom is -0.396 e. The van der Waals surface area contributed by atoms with Crippen molar-refractivity contribution in [2.24, 2.45) is 11.7 Å². The topological polar surface area (TPSA) is 52.7 Å². The molecule has 4 heteroatoms. The molecule has 1 aliphatic rings. The van der Waals surface area contributed by atoms with Crippen molar-refractivity contribution in [2.75, 3.05) is 52.4 Å². The molecule has 1 fully saturated rings. The van der Waals surface area contributed by atoms with Gasteiger partial charge in [0, 0.05) is 39.3 Å². The van der Waals surface area contributed by atoms with Crippen LogP contribution in [0, 0.1) is 5.92 Å². The summed E-state index contributed by atoms with van der Waals surface area (Å²) < 4.78 is 0. The predicted molar refractivity (Wildman–Crippen MR) is 62.8 cm³/mol. The third-order valence-electron chi connectivity index (χ3n) is 3.01. The van der Waals surface area contributed by atoms with Crippen LogP contribution in [0.5, 0.6) is 0 Å². The van der Waals surface area contributed by atoms with Gasteiger partial charge in [0.15, 0.2) is 0 Å². The number of rotatable bonds is 5. The third-order valence-corrected chi connectivity index (χ3v) is 3.01. The Morgan fingerprint density at radius 3 is 2.53 bits per heavy atom. The van der Waals surface area contributed by atoms with E-state index in [-0.39, 0.29) is 0 Å². The van der Waals surface area contributed by atoms with E-state index < -0.39 is 0 Å². The molecule has 1 rings (SSSR count). The van der Waals surface area contributed by atoms with Gasteiger partial charge < -0.3 is 20.6 Å². The van der Waals surface area contributed by atoms with Crippen LogP contribution in [0.4, 0.5) is 0 Å². The summed E-state index contributed by atoms with van der Waals surface area (Å²) in [5.41, 5.74) is 5.56. The van der Waals surface area contributed by atoms with Gasteiger partial charge in [0.1, 0.15) is 0 Å². The van der Waals surface area contributed by atoms with E-state index >= 15 is 0 Å². The van der Waals surface area contributed by atoms with Crippen molar-refractivity contribution in [3.63, 3.8) is 0 Å². The van der Waals surface area contributed by atoms with Gasteiger partial charge in [0.25, 0.3) is 0 Å². The van der Waals surface area contributed by atoms with Crippen molar-refractivity contribution in [1.82, 2.24) is 9.80 Å². The molecule has 0 aliphatic carbocycles. The van der Waals surface area contributed by atoms with Gasteiger partial charge in [-0.15, -0.1) is 0 Å². The summed E-state index contributed by atoms with van der Waals surface area (Å²) in [7, 11) is 0. The molecule has 4 nitrogen and oxygen atoms in total. The van der Waals surface area contributed by atoms with Gasteiger partial charge in [0.05, 0.1) is 0 Å². The molecule has 15 heavy (non-hydrogen) atoms. The fourth-order valence-corrected chi connectivity index (χ4v) is 2.11. The van der Waals surface area contributed by atoms with Crippen molar-refractivity contribution < 1.29 is 5.11 Å². The van der Waals surface area contributed by atoms with Gasteiger partial charge in [-0.3, -0.25) is 0 Å². The molecule has 1 unspecified atom stereocenters. The first-order valence-electron chi connectivity index (χ1n) is 6.02. The van der Waals surface area contributed by atoms with Crippen LogP contribution in [-0.2, 0) is 0 Å². The van der Waals surface area contributed by atoms with E-state index in [1.165, 1.54) is 13.0 Å². The molecule has 3 N–H and O–H groups in total.